The third-order valence-electron chi connectivity index (χ3n) is 0. The van der Waals surface area contributed by atoms with E-state index in [9.17, 15) is 0 Å². The molecule has 0 bridgehead atoms. The van der Waals surface area contributed by atoms with Crippen LogP contribution in [0.1, 0.15) is 0 Å². The van der Waals surface area contributed by atoms with Gasteiger partial charge in [0.15, 0.2) is 0 Å². The molecule has 0 amide bonds. The third-order valence-corrected chi connectivity index (χ3v) is 0. The van der Waals surface area contributed by atoms with Crippen molar-refractivity contribution in [3.8, 4) is 0 Å². The fourth-order valence-electron chi connectivity index (χ4n) is 0. The fourth-order valence-corrected chi connectivity index (χ4v) is 0. The van der Waals surface area contributed by atoms with Crippen LogP contribution in [0.15, 0.2) is 0 Å². The molecule has 43 valence electrons. The van der Waals surface area contributed by atoms with Crippen molar-refractivity contribution in [2.45, 2.75) is 0 Å². The van der Waals surface area contributed by atoms with E-state index in [2.05, 4.69) is 0 Å². The van der Waals surface area contributed by atoms with Gasteiger partial charge in [0, 0.05) is 21.7 Å². The molecule has 4 N–H and O–H groups in total. The molecule has 0 saturated heterocycles. The van der Waals surface area contributed by atoms with Gasteiger partial charge in [-0.25, -0.2) is 0 Å². The summed E-state index contributed by atoms with van der Waals surface area (Å²) < 4.78 is 0. The second-order valence-corrected chi connectivity index (χ2v) is 0. The zero-order chi connectivity index (χ0) is 0. The van der Waals surface area contributed by atoms with Crippen LogP contribution in [0, 0.1) is 0 Å². The maximum absolute atomic E-state index is 0. The van der Waals surface area contributed by atoms with Gasteiger partial charge in [-0.15, -0.1) is 0 Å². The molecule has 0 aliphatic rings. The van der Waals surface area contributed by atoms with Crippen molar-refractivity contribution in [2.24, 2.45) is 0 Å². The summed E-state index contributed by atoms with van der Waals surface area (Å²) >= 11 is 0. The number of hydrogen-bond donors (Lipinski definition) is 0. The van der Waals surface area contributed by atoms with Crippen molar-refractivity contribution in [1.29, 1.82) is 0 Å². The summed E-state index contributed by atoms with van der Waals surface area (Å²) in [6, 6.07) is 0. The Hall–Kier alpha value is 1.89. The molecule has 3 radical (unpaired) electrons. The van der Waals surface area contributed by atoms with Crippen molar-refractivity contribution in [2.75, 3.05) is 0 Å². The van der Waals surface area contributed by atoms with E-state index in [1.54, 1.807) is 0 Å². The van der Waals surface area contributed by atoms with Crippen LogP contribution >= 0.6 is 0 Å². The molecule has 0 atom stereocenters. The molecule has 0 spiro atoms. The summed E-state index contributed by atoms with van der Waals surface area (Å²) in [4.78, 5) is 0. The van der Waals surface area contributed by atoms with Crippen LogP contribution in [0.2, 0.25) is 0 Å². The minimum absolute atomic E-state index is 0. The quantitative estimate of drug-likeness (QED) is 0.526. The first-order valence-corrected chi connectivity index (χ1v) is 0. The molecule has 4 nitrogen and oxygen atoms in total. The monoisotopic (exact) mass is 292 g/mol. The molecule has 0 aliphatic heterocycles. The predicted octanol–water partition coefficient (Wildman–Crippen LogP) is -1.09. The van der Waals surface area contributed by atoms with Gasteiger partial charge in [0.1, 0.15) is 0 Å². The van der Waals surface area contributed by atoms with Crippen molar-refractivity contribution in [3.05, 3.63) is 0 Å². The molecule has 0 aromatic heterocycles. The van der Waals surface area contributed by atoms with Crippen LogP contribution in [0.3, 0.4) is 0 Å². The van der Waals surface area contributed by atoms with Gasteiger partial charge in [-0.2, -0.15) is 0 Å². The third kappa shape index (κ3) is 76.5. The van der Waals surface area contributed by atoms with Gasteiger partial charge in [-0.05, 0) is 0 Å². The summed E-state index contributed by atoms with van der Waals surface area (Å²) in [6.07, 6.45) is 0. The summed E-state index contributed by atoms with van der Waals surface area (Å²) in [7, 11) is 0. The van der Waals surface area contributed by atoms with Gasteiger partial charge in [0.25, 0.3) is 0 Å². The van der Waals surface area contributed by atoms with E-state index in [4.69, 9.17) is 0 Å². The Morgan fingerprint density at radius 1 is 0.571 bits per heavy atom. The zero-order valence-corrected chi connectivity index (χ0v) is 8.41. The van der Waals surface area contributed by atoms with Gasteiger partial charge in [-0.3, -0.25) is 0 Å². The van der Waals surface area contributed by atoms with Crippen molar-refractivity contribution < 1.29 is 60.7 Å². The van der Waals surface area contributed by atoms with E-state index >= 15 is 0 Å². The Balaban J connectivity index is 0. The minimum Gasteiger partial charge on any atom is -0.870 e. The van der Waals surface area contributed by atoms with Crippen LogP contribution in [-0.4, -0.2) is 46.3 Å². The second-order valence-electron chi connectivity index (χ2n) is 0. The summed E-state index contributed by atoms with van der Waals surface area (Å²) in [5.74, 6) is 0. The van der Waals surface area contributed by atoms with E-state index in [-0.39, 0.29) is 85.1 Å². The Morgan fingerprint density at radius 2 is 0.571 bits per heavy atom. The van der Waals surface area contributed by atoms with Crippen molar-refractivity contribution in [3.63, 3.8) is 0 Å². The van der Waals surface area contributed by atoms with Crippen LogP contribution in [0.5, 0.6) is 0 Å². The van der Waals surface area contributed by atoms with Crippen molar-refractivity contribution in [1.82, 2.24) is 0 Å². The molecule has 0 rings (SSSR count). The van der Waals surface area contributed by atoms with Gasteiger partial charge >= 0.3 is 41.5 Å². The molecule has 7 heavy (non-hydrogen) atoms. The molecule has 7 heteroatoms. The standard InChI is InChI=1S/Mn.4H2O.Sb.Ti/h;4*1H2;;/q+2;;;;;+3;/p-4. The summed E-state index contributed by atoms with van der Waals surface area (Å²) in [5.41, 5.74) is 0. The predicted molar refractivity (Wildman–Crippen MR) is 13.5 cm³/mol. The Bertz CT molecular complexity index is 11.7. The normalized spacial score (nSPS) is 0. The summed E-state index contributed by atoms with van der Waals surface area (Å²) in [6.45, 7) is 0. The average molecular weight is 293 g/mol. The number of hydrogen-bond acceptors (Lipinski definition) is 4. The zero-order valence-electron chi connectivity index (χ0n) is 3.11. The Labute approximate surface area is 84.5 Å². The topological polar surface area (TPSA) is 120 Å². The van der Waals surface area contributed by atoms with Crippen LogP contribution in [0.25, 0.3) is 0 Å². The van der Waals surface area contributed by atoms with Crippen LogP contribution < -0.4 is 0 Å². The Morgan fingerprint density at radius 3 is 0.571 bits per heavy atom. The molecule has 0 aliphatic carbocycles. The number of rotatable bonds is 0. The van der Waals surface area contributed by atoms with E-state index in [0.29, 0.717) is 0 Å². The second kappa shape index (κ2) is 105. The molecule has 0 aromatic rings. The molecular weight excluding hydrogens is 289 g/mol. The first-order valence-electron chi connectivity index (χ1n) is 0. The van der Waals surface area contributed by atoms with E-state index in [1.165, 1.54) is 0 Å². The molecule has 0 fully saturated rings. The van der Waals surface area contributed by atoms with Gasteiger partial charge < -0.3 is 21.9 Å². The minimum atomic E-state index is 0. The van der Waals surface area contributed by atoms with E-state index < -0.39 is 0 Å². The smallest absolute Gasteiger partial charge is 0.870 e. The average Bonchev–Trinajstić information content (AvgIpc) is 0. The SMILES string of the molecule is [Mn+2].[OH-].[OH-].[OH-].[OH-].[Sb+3].[Ti]. The van der Waals surface area contributed by atoms with E-state index in [1.807, 2.05) is 0 Å². The first-order chi connectivity index (χ1) is 0. The van der Waals surface area contributed by atoms with Gasteiger partial charge in [-0.1, -0.05) is 0 Å². The largest absolute Gasteiger partial charge is 3.00 e. The van der Waals surface area contributed by atoms with Crippen molar-refractivity contribution >= 4 is 24.4 Å². The summed E-state index contributed by atoms with van der Waals surface area (Å²) in [5, 5.41) is 0. The fraction of sp³-hybridized carbons (Fsp3) is 0. The maximum Gasteiger partial charge on any atom is 3.00 e. The maximum atomic E-state index is 0. The molecule has 0 heterocycles. The molecule has 0 saturated carbocycles. The van der Waals surface area contributed by atoms with Gasteiger partial charge in [0.2, 0.25) is 0 Å². The first kappa shape index (κ1) is 155. The van der Waals surface area contributed by atoms with Crippen LogP contribution in [-0.2, 0) is 38.8 Å². The molecule has 0 unspecified atom stereocenters. The van der Waals surface area contributed by atoms with E-state index in [0.717, 1.165) is 0 Å². The molecule has 0 aromatic carbocycles. The van der Waals surface area contributed by atoms with Gasteiger partial charge in [0.05, 0.1) is 0 Å². The van der Waals surface area contributed by atoms with Crippen LogP contribution in [0.4, 0.5) is 0 Å². The molecular formula is H4MnO4SbTi+. The Kier molecular flexibility index (Phi) is 2310.